The maximum absolute atomic E-state index is 15.1. The van der Waals surface area contributed by atoms with Crippen LogP contribution in [0.1, 0.15) is 43.2 Å². The number of carbonyl (C=O) groups excluding carboxylic acids is 1. The number of ether oxygens (including phenoxy) is 4. The van der Waals surface area contributed by atoms with Crippen LogP contribution >= 0.6 is 7.60 Å². The molecule has 2 unspecified atom stereocenters. The van der Waals surface area contributed by atoms with Gasteiger partial charge in [0.1, 0.15) is 49.7 Å². The van der Waals surface area contributed by atoms with E-state index in [0.29, 0.717) is 34.2 Å². The number of carbonyl (C=O) groups is 1. The van der Waals surface area contributed by atoms with E-state index in [2.05, 4.69) is 45.8 Å². The lowest BCUT2D eigenvalue weighted by atomic mass is 9.79. The van der Waals surface area contributed by atoms with Crippen LogP contribution in [0.4, 0.5) is 5.95 Å². The zero-order valence-corrected chi connectivity index (χ0v) is 39.3. The van der Waals surface area contributed by atoms with E-state index in [1.807, 2.05) is 115 Å². The highest BCUT2D eigenvalue weighted by atomic mass is 31.2. The van der Waals surface area contributed by atoms with E-state index < -0.39 is 57.3 Å². The number of nitrogens with one attached hydrogen (secondary N) is 1. The smallest absolute Gasteiger partial charge is 0.328 e. The molecule has 1 saturated heterocycles. The van der Waals surface area contributed by atoms with Crippen molar-refractivity contribution in [1.29, 1.82) is 0 Å². The monoisotopic (exact) mass is 927 g/mol. The molecule has 0 bridgehead atoms. The number of Topliss-reactive ketones (excluding diaryl/α,β-unsaturated/α-hetero) is 1. The van der Waals surface area contributed by atoms with Crippen LogP contribution in [0.3, 0.4) is 0 Å². The van der Waals surface area contributed by atoms with E-state index in [-0.39, 0.29) is 35.5 Å². The molecule has 4 N–H and O–H groups in total. The summed E-state index contributed by atoms with van der Waals surface area (Å²) in [6, 6.07) is 44.8. The van der Waals surface area contributed by atoms with E-state index in [1.54, 1.807) is 28.1 Å². The van der Waals surface area contributed by atoms with Crippen LogP contribution < -0.4 is 31.1 Å². The van der Waals surface area contributed by atoms with E-state index in [1.165, 1.54) is 10.9 Å². The number of aromatic nitrogens is 4. The molecular weight excluding hydrogens is 874 g/mol. The lowest BCUT2D eigenvalue weighted by Crippen LogP contribution is -2.56. The Morgan fingerprint density at radius 1 is 0.864 bits per heavy atom. The van der Waals surface area contributed by atoms with Gasteiger partial charge in [-0.2, -0.15) is 4.98 Å². The summed E-state index contributed by atoms with van der Waals surface area (Å²) >= 11 is 0. The predicted molar refractivity (Wildman–Crippen MR) is 256 cm³/mol. The van der Waals surface area contributed by atoms with E-state index in [9.17, 15) is 14.3 Å². The first-order chi connectivity index (χ1) is 31.8. The Hall–Kier alpha value is -6.19. The number of methoxy groups -OCH3 is 2. The van der Waals surface area contributed by atoms with Gasteiger partial charge in [0.25, 0.3) is 5.56 Å². The average Bonchev–Trinajstić information content (AvgIpc) is 3.96. The first-order valence-electron chi connectivity index (χ1n) is 21.8. The summed E-state index contributed by atoms with van der Waals surface area (Å²) in [5.41, 5.74) is 6.12. The number of rotatable bonds is 18. The first kappa shape index (κ1) is 46.3. The van der Waals surface area contributed by atoms with Gasteiger partial charge in [-0.1, -0.05) is 146 Å². The molecule has 5 atom stereocenters. The van der Waals surface area contributed by atoms with Crippen molar-refractivity contribution in [3.8, 4) is 11.5 Å². The molecule has 2 aromatic heterocycles. The lowest BCUT2D eigenvalue weighted by molar-refractivity contribution is -0.167. The largest absolute Gasteiger partial charge is 0.497 e. The number of imidazole rings is 1. The summed E-state index contributed by atoms with van der Waals surface area (Å²) < 4.78 is 48.3. The number of hydrogen-bond acceptors (Lipinski definition) is 11. The van der Waals surface area contributed by atoms with Gasteiger partial charge in [0.2, 0.25) is 5.95 Å². The summed E-state index contributed by atoms with van der Waals surface area (Å²) in [5.74, 6) is 0.143. The number of ketones is 1. The summed E-state index contributed by atoms with van der Waals surface area (Å²) in [7, 11) is -3.91. The Kier molecular flexibility index (Phi) is 13.6. The fourth-order valence-electron chi connectivity index (χ4n) is 8.89. The predicted octanol–water partition coefficient (Wildman–Crippen LogP) is 7.07. The molecule has 8 rings (SSSR count). The molecule has 0 spiro atoms. The van der Waals surface area contributed by atoms with Gasteiger partial charge in [-0.15, -0.1) is 0 Å². The third-order valence-corrected chi connectivity index (χ3v) is 18.8. The molecule has 16 heteroatoms. The van der Waals surface area contributed by atoms with Crippen molar-refractivity contribution in [1.82, 2.24) is 19.5 Å². The number of aromatic amines is 1. The fourth-order valence-corrected chi connectivity index (χ4v) is 15.3. The van der Waals surface area contributed by atoms with Gasteiger partial charge >= 0.3 is 7.60 Å². The van der Waals surface area contributed by atoms with E-state index >= 15 is 4.79 Å². The van der Waals surface area contributed by atoms with Gasteiger partial charge in [-0.3, -0.25) is 23.7 Å². The number of nitrogens with zero attached hydrogens (tertiary/aromatic N) is 3. The molecule has 3 heterocycles. The van der Waals surface area contributed by atoms with E-state index in [4.69, 9.17) is 29.2 Å². The fraction of sp³-hybridized carbons (Fsp3) is 0.280. The topological polar surface area (TPSA) is 190 Å². The van der Waals surface area contributed by atoms with Gasteiger partial charge < -0.3 is 34.1 Å². The molecule has 0 radical (unpaired) electrons. The standard InChI is InChI=1S/C50H54N5O9PSi/c1-33(2)44(56)46(63-50(34-15-9-6-10-16-34,35-21-25-37(60-3)26-22-35)36-23-27-38(61-4)28-24-36)45-41(31-42(62-45)55-32-52-43-47(55)53-49(51)54-48(43)57)64-65(58,59)29-30-66(5,39-17-11-7-12-18-39)40-19-13-8-14-20-40/h6-28,32-33,41-42,45-46H,29-31H2,1-5H3,(H,58,59)(H3,51,53,54,57)/t41-,42+,45-,46?/m0/s1. The summed E-state index contributed by atoms with van der Waals surface area (Å²) in [6.45, 7) is 5.72. The lowest BCUT2D eigenvalue weighted by Gasteiger charge is -2.41. The SMILES string of the molecule is COc1ccc(C(OC(C(=O)C(C)C)[C@H]2O[C@@H](n3cnc4c(=O)[nH]c(N)nc43)C[C@@H]2OP(=O)(O)CC[Si](C)(c2ccccc2)c2ccccc2)(c2ccccc2)c2ccc(OC)cc2)cc1. The van der Waals surface area contributed by atoms with Crippen LogP contribution in [0.2, 0.25) is 12.6 Å². The minimum absolute atomic E-state index is 0.0146. The third kappa shape index (κ3) is 9.28. The van der Waals surface area contributed by atoms with E-state index in [0.717, 1.165) is 10.4 Å². The average molecular weight is 928 g/mol. The van der Waals surface area contributed by atoms with Crippen LogP contribution in [0.15, 0.2) is 151 Å². The minimum Gasteiger partial charge on any atom is -0.497 e. The van der Waals surface area contributed by atoms with Gasteiger partial charge in [0, 0.05) is 18.5 Å². The van der Waals surface area contributed by atoms with Gasteiger partial charge in [0.15, 0.2) is 16.9 Å². The molecule has 342 valence electrons. The highest BCUT2D eigenvalue weighted by Gasteiger charge is 2.52. The molecule has 1 fully saturated rings. The molecule has 7 aromatic rings. The maximum Gasteiger partial charge on any atom is 0.328 e. The molecule has 1 aliphatic rings. The number of nitrogens with two attached hydrogens (primary N) is 1. The van der Waals surface area contributed by atoms with Crippen molar-refractivity contribution in [3.63, 3.8) is 0 Å². The van der Waals surface area contributed by atoms with Crippen molar-refractivity contribution < 1.29 is 37.7 Å². The Bertz CT molecular complexity index is 2780. The third-order valence-electron chi connectivity index (χ3n) is 12.5. The zero-order valence-electron chi connectivity index (χ0n) is 37.4. The van der Waals surface area contributed by atoms with Gasteiger partial charge in [0.05, 0.1) is 20.5 Å². The van der Waals surface area contributed by atoms with Crippen LogP contribution in [0.5, 0.6) is 11.5 Å². The molecule has 0 saturated carbocycles. The minimum atomic E-state index is -4.48. The quantitative estimate of drug-likeness (QED) is 0.0452. The molecule has 0 aliphatic carbocycles. The Labute approximate surface area is 384 Å². The second-order valence-corrected chi connectivity index (χ2v) is 23.2. The number of nitrogen functional groups attached to an aromatic ring is 1. The molecule has 66 heavy (non-hydrogen) atoms. The second kappa shape index (κ2) is 19.3. The molecule has 14 nitrogen and oxygen atoms in total. The maximum atomic E-state index is 15.1. The number of hydrogen-bond donors (Lipinski definition) is 3. The summed E-state index contributed by atoms with van der Waals surface area (Å²) in [6.07, 6.45) is -3.72. The van der Waals surface area contributed by atoms with Crippen molar-refractivity contribution in [3.05, 3.63) is 173 Å². The number of fused-ring (bicyclic) bond motifs is 1. The van der Waals surface area contributed by atoms with Crippen molar-refractivity contribution in [2.45, 2.75) is 63.0 Å². The number of benzene rings is 5. The molecule has 1 aliphatic heterocycles. The second-order valence-electron chi connectivity index (χ2n) is 17.0. The summed E-state index contributed by atoms with van der Waals surface area (Å²) in [4.78, 5) is 51.2. The van der Waals surface area contributed by atoms with Crippen molar-refractivity contribution in [2.24, 2.45) is 5.92 Å². The highest BCUT2D eigenvalue weighted by molar-refractivity contribution is 7.53. The van der Waals surface area contributed by atoms with Crippen LogP contribution in [-0.4, -0.2) is 77.0 Å². The van der Waals surface area contributed by atoms with Crippen molar-refractivity contribution >= 4 is 48.9 Å². The molecule has 5 aromatic carbocycles. The van der Waals surface area contributed by atoms with Crippen LogP contribution in [0, 0.1) is 5.92 Å². The van der Waals surface area contributed by atoms with Crippen LogP contribution in [-0.2, 0) is 29.0 Å². The molecular formula is C50H54N5O9PSi. The van der Waals surface area contributed by atoms with Crippen molar-refractivity contribution in [2.75, 3.05) is 26.1 Å². The van der Waals surface area contributed by atoms with Gasteiger partial charge in [-0.25, -0.2) is 4.98 Å². The normalized spacial score (nSPS) is 18.0. The summed E-state index contributed by atoms with van der Waals surface area (Å²) in [5, 5.41) is 2.22. The zero-order chi connectivity index (χ0) is 46.6. The first-order valence-corrected chi connectivity index (χ1v) is 26.3. The number of anilines is 1. The van der Waals surface area contributed by atoms with Gasteiger partial charge in [-0.05, 0) is 47.0 Å². The number of H-pyrrole nitrogens is 1. The Morgan fingerprint density at radius 2 is 1.38 bits per heavy atom. The molecule has 0 amide bonds. The Morgan fingerprint density at radius 3 is 1.89 bits per heavy atom. The van der Waals surface area contributed by atoms with Crippen LogP contribution in [0.25, 0.3) is 11.2 Å². The highest BCUT2D eigenvalue weighted by Crippen LogP contribution is 2.51. The Balaban J connectivity index is 1.26.